The van der Waals surface area contributed by atoms with Gasteiger partial charge in [0.15, 0.2) is 0 Å². The van der Waals surface area contributed by atoms with Gasteiger partial charge in [-0.25, -0.2) is 9.97 Å². The van der Waals surface area contributed by atoms with Crippen LogP contribution in [0.1, 0.15) is 36.7 Å². The highest BCUT2D eigenvalue weighted by molar-refractivity contribution is 5.78. The lowest BCUT2D eigenvalue weighted by molar-refractivity contribution is 0.200. The molecule has 1 fully saturated rings. The van der Waals surface area contributed by atoms with Crippen LogP contribution in [-0.4, -0.2) is 46.0 Å². The van der Waals surface area contributed by atoms with Crippen molar-refractivity contribution in [3.8, 4) is 0 Å². The number of nitrogens with zero attached hydrogens (tertiary/aromatic N) is 5. The van der Waals surface area contributed by atoms with Gasteiger partial charge in [0.2, 0.25) is 0 Å². The Balaban J connectivity index is 1.39. The van der Waals surface area contributed by atoms with Crippen LogP contribution < -0.4 is 4.90 Å². The summed E-state index contributed by atoms with van der Waals surface area (Å²) >= 11 is 0. The second-order valence-corrected chi connectivity index (χ2v) is 7.78. The maximum atomic E-state index is 4.73. The van der Waals surface area contributed by atoms with E-state index in [0.717, 1.165) is 56.1 Å². The number of rotatable bonds is 5. The van der Waals surface area contributed by atoms with Crippen molar-refractivity contribution >= 4 is 16.7 Å². The van der Waals surface area contributed by atoms with Crippen LogP contribution in [0.3, 0.4) is 0 Å². The van der Waals surface area contributed by atoms with Crippen LogP contribution in [0.2, 0.25) is 0 Å². The Morgan fingerprint density at radius 3 is 2.75 bits per heavy atom. The Kier molecular flexibility index (Phi) is 5.53. The second-order valence-electron chi connectivity index (χ2n) is 7.78. The van der Waals surface area contributed by atoms with E-state index in [-0.39, 0.29) is 0 Å². The highest BCUT2D eigenvalue weighted by atomic mass is 15.2. The van der Waals surface area contributed by atoms with Crippen molar-refractivity contribution in [3.05, 3.63) is 59.7 Å². The molecule has 1 aliphatic rings. The first-order chi connectivity index (χ1) is 13.6. The highest BCUT2D eigenvalue weighted by Crippen LogP contribution is 2.25. The smallest absolute Gasteiger partial charge is 0.135 e. The third-order valence-electron chi connectivity index (χ3n) is 5.83. The molecule has 0 radical (unpaired) electrons. The molecule has 0 atom stereocenters. The van der Waals surface area contributed by atoms with Crippen molar-refractivity contribution < 1.29 is 0 Å². The van der Waals surface area contributed by atoms with E-state index in [1.54, 1.807) is 0 Å². The molecule has 146 valence electrons. The van der Waals surface area contributed by atoms with Crippen LogP contribution in [0.15, 0.2) is 42.7 Å². The molecule has 1 aromatic carbocycles. The topological polar surface area (TPSA) is 45.2 Å². The quantitative estimate of drug-likeness (QED) is 0.674. The minimum atomic E-state index is 0.605. The SMILES string of the molecule is CCc1cnc(C)nc1N1CCC(N(C)Cc2ccc3ncccc3c2)CC1. The largest absolute Gasteiger partial charge is 0.356 e. The van der Waals surface area contributed by atoms with Crippen molar-refractivity contribution in [1.29, 1.82) is 0 Å². The molecule has 1 aliphatic heterocycles. The van der Waals surface area contributed by atoms with Gasteiger partial charge in [0.25, 0.3) is 0 Å². The number of piperidine rings is 1. The molecule has 1 saturated heterocycles. The van der Waals surface area contributed by atoms with Crippen molar-refractivity contribution in [1.82, 2.24) is 19.9 Å². The summed E-state index contributed by atoms with van der Waals surface area (Å²) in [5.41, 5.74) is 3.67. The Hall–Kier alpha value is -2.53. The molecule has 3 heterocycles. The Morgan fingerprint density at radius 1 is 1.14 bits per heavy atom. The molecule has 0 amide bonds. The number of pyridine rings is 1. The van der Waals surface area contributed by atoms with Crippen molar-refractivity contribution in [3.63, 3.8) is 0 Å². The average Bonchev–Trinajstić information content (AvgIpc) is 2.73. The number of fused-ring (bicyclic) bond motifs is 1. The molecule has 4 rings (SSSR count). The van der Waals surface area contributed by atoms with Crippen molar-refractivity contribution in [2.45, 2.75) is 45.7 Å². The van der Waals surface area contributed by atoms with Crippen LogP contribution in [0.5, 0.6) is 0 Å². The van der Waals surface area contributed by atoms with Gasteiger partial charge in [-0.2, -0.15) is 0 Å². The van der Waals surface area contributed by atoms with E-state index in [4.69, 9.17) is 4.98 Å². The summed E-state index contributed by atoms with van der Waals surface area (Å²) in [4.78, 5) is 18.5. The Labute approximate surface area is 167 Å². The fourth-order valence-corrected chi connectivity index (χ4v) is 4.17. The summed E-state index contributed by atoms with van der Waals surface area (Å²) in [5, 5.41) is 1.22. The Morgan fingerprint density at radius 2 is 1.96 bits per heavy atom. The fourth-order valence-electron chi connectivity index (χ4n) is 4.17. The summed E-state index contributed by atoms with van der Waals surface area (Å²) in [6, 6.07) is 11.4. The lowest BCUT2D eigenvalue weighted by Crippen LogP contribution is -2.43. The van der Waals surface area contributed by atoms with E-state index < -0.39 is 0 Å². The van der Waals surface area contributed by atoms with Crippen LogP contribution in [0.4, 0.5) is 5.82 Å². The zero-order chi connectivity index (χ0) is 19.5. The number of hydrogen-bond acceptors (Lipinski definition) is 5. The maximum Gasteiger partial charge on any atom is 0.135 e. The molecule has 3 aromatic rings. The predicted molar refractivity (Wildman–Crippen MR) is 115 cm³/mol. The molecular weight excluding hydrogens is 346 g/mol. The standard InChI is InChI=1S/C23H29N5/c1-4-19-15-25-17(2)26-23(19)28-12-9-21(10-13-28)27(3)16-18-7-8-22-20(14-18)6-5-11-24-22/h5-8,11,14-15,21H,4,9-10,12-13,16H2,1-3H3. The predicted octanol–water partition coefficient (Wildman–Crippen LogP) is 4.00. The maximum absolute atomic E-state index is 4.73. The summed E-state index contributed by atoms with van der Waals surface area (Å²) in [7, 11) is 2.25. The number of hydrogen-bond donors (Lipinski definition) is 0. The highest BCUT2D eigenvalue weighted by Gasteiger charge is 2.24. The summed E-state index contributed by atoms with van der Waals surface area (Å²) in [6.45, 7) is 7.24. The first-order valence-electron chi connectivity index (χ1n) is 10.3. The molecule has 0 spiro atoms. The molecular formula is C23H29N5. The summed E-state index contributed by atoms with van der Waals surface area (Å²) in [5.74, 6) is 2.00. The summed E-state index contributed by atoms with van der Waals surface area (Å²) < 4.78 is 0. The lowest BCUT2D eigenvalue weighted by Gasteiger charge is -2.38. The first-order valence-corrected chi connectivity index (χ1v) is 10.3. The third-order valence-corrected chi connectivity index (χ3v) is 5.83. The van der Waals surface area contributed by atoms with E-state index in [1.807, 2.05) is 25.4 Å². The van der Waals surface area contributed by atoms with E-state index in [1.165, 1.54) is 16.5 Å². The van der Waals surface area contributed by atoms with Crippen LogP contribution >= 0.6 is 0 Å². The molecule has 0 unspecified atom stereocenters. The van der Waals surface area contributed by atoms with Crippen LogP contribution in [0.25, 0.3) is 10.9 Å². The molecule has 0 aliphatic carbocycles. The van der Waals surface area contributed by atoms with Crippen LogP contribution in [0, 0.1) is 6.92 Å². The van der Waals surface area contributed by atoms with Gasteiger partial charge < -0.3 is 4.90 Å². The monoisotopic (exact) mass is 375 g/mol. The van der Waals surface area contributed by atoms with Gasteiger partial charge in [-0.3, -0.25) is 9.88 Å². The normalized spacial score (nSPS) is 15.5. The van der Waals surface area contributed by atoms with Gasteiger partial charge in [-0.1, -0.05) is 19.1 Å². The molecule has 5 nitrogen and oxygen atoms in total. The van der Waals surface area contributed by atoms with Gasteiger partial charge >= 0.3 is 0 Å². The second kappa shape index (κ2) is 8.23. The van der Waals surface area contributed by atoms with Gasteiger partial charge in [0.1, 0.15) is 11.6 Å². The van der Waals surface area contributed by atoms with E-state index >= 15 is 0 Å². The summed E-state index contributed by atoms with van der Waals surface area (Å²) in [6.07, 6.45) is 7.15. The lowest BCUT2D eigenvalue weighted by atomic mass is 10.0. The van der Waals surface area contributed by atoms with Gasteiger partial charge in [-0.05, 0) is 57.0 Å². The van der Waals surface area contributed by atoms with E-state index in [0.29, 0.717) is 6.04 Å². The van der Waals surface area contributed by atoms with Gasteiger partial charge in [0.05, 0.1) is 5.52 Å². The number of aromatic nitrogens is 3. The van der Waals surface area contributed by atoms with Gasteiger partial charge in [-0.15, -0.1) is 0 Å². The molecule has 2 aromatic heterocycles. The molecule has 0 N–H and O–H groups in total. The minimum Gasteiger partial charge on any atom is -0.356 e. The van der Waals surface area contributed by atoms with Crippen molar-refractivity contribution in [2.75, 3.05) is 25.0 Å². The fraction of sp³-hybridized carbons (Fsp3) is 0.435. The molecule has 5 heteroatoms. The van der Waals surface area contributed by atoms with Gasteiger partial charge in [0, 0.05) is 49.0 Å². The molecule has 28 heavy (non-hydrogen) atoms. The molecule has 0 saturated carbocycles. The number of aryl methyl sites for hydroxylation is 2. The van der Waals surface area contributed by atoms with Crippen molar-refractivity contribution in [2.24, 2.45) is 0 Å². The third kappa shape index (κ3) is 3.99. The van der Waals surface area contributed by atoms with E-state index in [9.17, 15) is 0 Å². The van der Waals surface area contributed by atoms with Crippen LogP contribution in [-0.2, 0) is 13.0 Å². The number of benzene rings is 1. The van der Waals surface area contributed by atoms with E-state index in [2.05, 4.69) is 58.0 Å². The Bertz CT molecular complexity index is 947. The minimum absolute atomic E-state index is 0.605. The molecule has 0 bridgehead atoms. The zero-order valence-electron chi connectivity index (χ0n) is 17.1. The average molecular weight is 376 g/mol. The zero-order valence-corrected chi connectivity index (χ0v) is 17.1. The number of anilines is 1. The first kappa shape index (κ1) is 18.8.